The quantitative estimate of drug-likeness (QED) is 0.116. The lowest BCUT2D eigenvalue weighted by Crippen LogP contribution is -2.45. The van der Waals surface area contributed by atoms with Crippen molar-refractivity contribution in [2.45, 2.75) is 129 Å². The molecule has 0 bridgehead atoms. The third kappa shape index (κ3) is 8.43. The Hall–Kier alpha value is -5.34. The highest BCUT2D eigenvalue weighted by molar-refractivity contribution is 5.89. The van der Waals surface area contributed by atoms with E-state index in [-0.39, 0.29) is 21.7 Å². The molecule has 0 aliphatic heterocycles. The normalized spacial score (nSPS) is 16.9. The summed E-state index contributed by atoms with van der Waals surface area (Å²) in [6.45, 7) is 37.8. The van der Waals surface area contributed by atoms with Crippen LogP contribution in [0.3, 0.4) is 0 Å². The second-order valence-corrected chi connectivity index (χ2v) is 20.0. The Morgan fingerprint density at radius 3 is 1.39 bits per heavy atom. The van der Waals surface area contributed by atoms with Crippen molar-refractivity contribution in [2.75, 3.05) is 9.80 Å². The van der Waals surface area contributed by atoms with E-state index < -0.39 is 0 Å². The third-order valence-corrected chi connectivity index (χ3v) is 15.2. The molecule has 62 heavy (non-hydrogen) atoms. The largest absolute Gasteiger partial charge is 0.311 e. The van der Waals surface area contributed by atoms with Gasteiger partial charge in [0.1, 0.15) is 0 Å². The van der Waals surface area contributed by atoms with E-state index in [1.807, 2.05) is 0 Å². The van der Waals surface area contributed by atoms with Crippen LogP contribution >= 0.6 is 0 Å². The van der Waals surface area contributed by atoms with Gasteiger partial charge in [-0.1, -0.05) is 169 Å². The Morgan fingerprint density at radius 2 is 0.984 bits per heavy atom. The minimum Gasteiger partial charge on any atom is -0.311 e. The number of rotatable bonds is 12. The zero-order valence-corrected chi connectivity index (χ0v) is 41.0. The summed E-state index contributed by atoms with van der Waals surface area (Å²) in [5, 5.41) is 0. The van der Waals surface area contributed by atoms with Crippen molar-refractivity contribution in [1.29, 1.82) is 0 Å². The molecule has 0 atom stereocenters. The van der Waals surface area contributed by atoms with Gasteiger partial charge in [-0.2, -0.15) is 0 Å². The summed E-state index contributed by atoms with van der Waals surface area (Å²) in [4.78, 5) is 4.84. The van der Waals surface area contributed by atoms with Gasteiger partial charge in [-0.25, -0.2) is 0 Å². The fourth-order valence-corrected chi connectivity index (χ4v) is 9.66. The molecular weight excluding hydrogens is 749 g/mol. The van der Waals surface area contributed by atoms with E-state index in [1.165, 1.54) is 78.4 Å². The van der Waals surface area contributed by atoms with E-state index in [1.54, 1.807) is 0 Å². The van der Waals surface area contributed by atoms with Crippen LogP contribution in [0.5, 0.6) is 0 Å². The lowest BCUT2D eigenvalue weighted by Gasteiger charge is -2.54. The summed E-state index contributed by atoms with van der Waals surface area (Å²) in [5.74, 6) is 0. The Balaban J connectivity index is 1.50. The van der Waals surface area contributed by atoms with Crippen LogP contribution in [0.15, 0.2) is 156 Å². The number of benzene rings is 5. The number of anilines is 5. The number of hydrogen-bond acceptors (Lipinski definition) is 2. The van der Waals surface area contributed by atoms with Crippen LogP contribution in [-0.4, -0.2) is 0 Å². The first kappa shape index (κ1) is 46.2. The molecule has 0 heterocycles. The Morgan fingerprint density at radius 1 is 0.565 bits per heavy atom. The van der Waals surface area contributed by atoms with Crippen molar-refractivity contribution < 1.29 is 0 Å². The van der Waals surface area contributed by atoms with Crippen molar-refractivity contribution in [3.05, 3.63) is 189 Å². The maximum Gasteiger partial charge on any atom is 0.0464 e. The number of aryl methyl sites for hydroxylation is 4. The molecule has 6 rings (SSSR count). The average molecular weight is 823 g/mol. The Bertz CT molecular complexity index is 2400. The summed E-state index contributed by atoms with van der Waals surface area (Å²) < 4.78 is 0. The molecule has 0 N–H and O–H groups in total. The predicted molar refractivity (Wildman–Crippen MR) is 273 cm³/mol. The lowest BCUT2D eigenvalue weighted by molar-refractivity contribution is 0.181. The van der Waals surface area contributed by atoms with E-state index in [2.05, 4.69) is 254 Å². The molecule has 5 aromatic carbocycles. The van der Waals surface area contributed by atoms with Crippen molar-refractivity contribution in [1.82, 2.24) is 0 Å². The molecular formula is C60H74N2. The number of fused-ring (bicyclic) bond motifs is 1. The molecule has 324 valence electrons. The van der Waals surface area contributed by atoms with Gasteiger partial charge in [0.05, 0.1) is 0 Å². The molecule has 0 unspecified atom stereocenters. The van der Waals surface area contributed by atoms with Crippen molar-refractivity contribution in [2.24, 2.45) is 16.2 Å². The van der Waals surface area contributed by atoms with Gasteiger partial charge in [0.2, 0.25) is 0 Å². The van der Waals surface area contributed by atoms with Crippen LogP contribution in [0.2, 0.25) is 0 Å². The van der Waals surface area contributed by atoms with Crippen LogP contribution in [0.1, 0.15) is 129 Å². The molecule has 0 radical (unpaired) electrons. The first-order valence-corrected chi connectivity index (χ1v) is 23.0. The van der Waals surface area contributed by atoms with Crippen LogP contribution in [0.4, 0.5) is 28.4 Å². The van der Waals surface area contributed by atoms with Crippen LogP contribution in [-0.2, 0) is 5.41 Å². The van der Waals surface area contributed by atoms with Gasteiger partial charge in [0.15, 0.2) is 0 Å². The number of nitrogens with zero attached hydrogens (tertiary/aromatic N) is 2. The molecule has 2 heteroatoms. The second-order valence-electron chi connectivity index (χ2n) is 20.0. The molecule has 0 saturated heterocycles. The van der Waals surface area contributed by atoms with Gasteiger partial charge in [-0.05, 0) is 165 Å². The molecule has 1 aliphatic rings. The molecule has 0 spiro atoms. The van der Waals surface area contributed by atoms with E-state index >= 15 is 0 Å². The van der Waals surface area contributed by atoms with Crippen molar-refractivity contribution in [3.63, 3.8) is 0 Å². The van der Waals surface area contributed by atoms with E-state index in [0.29, 0.717) is 0 Å². The average Bonchev–Trinajstić information content (AvgIpc) is 3.23. The smallest absolute Gasteiger partial charge is 0.0464 e. The molecule has 0 aromatic heterocycles. The fraction of sp³-hybridized carbons (Fsp3) is 0.367. The van der Waals surface area contributed by atoms with E-state index in [4.69, 9.17) is 0 Å². The predicted octanol–water partition coefficient (Wildman–Crippen LogP) is 17.9. The summed E-state index contributed by atoms with van der Waals surface area (Å²) in [6, 6.07) is 43.0. The minimum atomic E-state index is -0.202. The number of allylic oxidation sites excluding steroid dienone is 7. The maximum atomic E-state index is 2.50. The zero-order valence-electron chi connectivity index (χ0n) is 41.0. The van der Waals surface area contributed by atoms with Gasteiger partial charge in [-0.15, -0.1) is 0 Å². The first-order chi connectivity index (χ1) is 29.2. The summed E-state index contributed by atoms with van der Waals surface area (Å²) in [7, 11) is 0. The highest BCUT2D eigenvalue weighted by Crippen LogP contribution is 2.62. The van der Waals surface area contributed by atoms with Gasteiger partial charge in [0, 0.05) is 34.1 Å². The standard InChI is InChI=1S/C60H74N2/c1-17-20-54-53-38-37-52(62(50-33-25-43(6)26-34-50)51-35-27-44(7)28-36-51)40-55(53)59(13,14)60(15,16)56(54)45(8)57(9,10)58(11,12)46(18-2)39-47(19-3)61(48-29-21-41(4)22-30-48)49-31-23-42(5)24-32-49/h19-40H,17-18H2,1-16H3/b46-39+,47-19+,54-20-,56-45?. The summed E-state index contributed by atoms with van der Waals surface area (Å²) >= 11 is 0. The van der Waals surface area contributed by atoms with Crippen molar-refractivity contribution >= 4 is 34.0 Å². The molecule has 0 amide bonds. The maximum absolute atomic E-state index is 2.50. The highest BCUT2D eigenvalue weighted by Gasteiger charge is 2.51. The molecule has 1 aliphatic carbocycles. The first-order valence-electron chi connectivity index (χ1n) is 23.0. The van der Waals surface area contributed by atoms with Gasteiger partial charge in [0.25, 0.3) is 0 Å². The van der Waals surface area contributed by atoms with E-state index in [0.717, 1.165) is 24.2 Å². The Labute approximate surface area is 376 Å². The molecule has 5 aromatic rings. The summed E-state index contributed by atoms with van der Waals surface area (Å²) in [5.41, 5.74) is 19.8. The molecule has 0 fully saturated rings. The summed E-state index contributed by atoms with van der Waals surface area (Å²) in [6.07, 6.45) is 9.18. The number of hydrogen-bond donors (Lipinski definition) is 0. The third-order valence-electron chi connectivity index (χ3n) is 15.2. The SMILES string of the molecule is C/C=C(\C=C(/CC)C(C)(C)C(C)(C)C(C)=C1/C(=C\CC)c2ccc(N(c3ccc(C)cc3)c3ccc(C)cc3)cc2C(C)(C)C1(C)C)N(c1ccc(C)cc1)c1ccc(C)cc1. The molecule has 0 saturated carbocycles. The second kappa shape index (κ2) is 17.8. The Kier molecular flexibility index (Phi) is 13.3. The van der Waals surface area contributed by atoms with Gasteiger partial charge in [-0.3, -0.25) is 0 Å². The minimum absolute atomic E-state index is 0.184. The topological polar surface area (TPSA) is 6.48 Å². The lowest BCUT2D eigenvalue weighted by atomic mass is 9.50. The van der Waals surface area contributed by atoms with Crippen molar-refractivity contribution in [3.8, 4) is 0 Å². The van der Waals surface area contributed by atoms with Crippen LogP contribution in [0.25, 0.3) is 5.57 Å². The fourth-order valence-electron chi connectivity index (χ4n) is 9.66. The zero-order chi connectivity index (χ0) is 45.4. The van der Waals surface area contributed by atoms with Gasteiger partial charge < -0.3 is 9.80 Å². The van der Waals surface area contributed by atoms with Crippen LogP contribution < -0.4 is 9.80 Å². The van der Waals surface area contributed by atoms with Gasteiger partial charge >= 0.3 is 0 Å². The van der Waals surface area contributed by atoms with E-state index in [9.17, 15) is 0 Å². The molecule has 2 nitrogen and oxygen atoms in total. The van der Waals surface area contributed by atoms with Crippen LogP contribution in [0, 0.1) is 43.9 Å². The highest BCUT2D eigenvalue weighted by atomic mass is 15.1. The monoisotopic (exact) mass is 823 g/mol.